The zero-order valence-corrected chi connectivity index (χ0v) is 12.6. The van der Waals surface area contributed by atoms with Crippen molar-refractivity contribution in [2.45, 2.75) is 26.8 Å². The van der Waals surface area contributed by atoms with Gasteiger partial charge in [0.15, 0.2) is 0 Å². The van der Waals surface area contributed by atoms with Gasteiger partial charge >= 0.3 is 0 Å². The second-order valence-electron chi connectivity index (χ2n) is 4.39. The molecule has 1 aromatic heterocycles. The SMILES string of the molecule is CCc1nn(C)cc1CNc1cccc(Br)c1C. The Morgan fingerprint density at radius 2 is 2.17 bits per heavy atom. The zero-order valence-electron chi connectivity index (χ0n) is 11.0. The van der Waals surface area contributed by atoms with Crippen LogP contribution in [0.3, 0.4) is 0 Å². The van der Waals surface area contributed by atoms with E-state index in [1.165, 1.54) is 11.1 Å². The minimum Gasteiger partial charge on any atom is -0.381 e. The summed E-state index contributed by atoms with van der Waals surface area (Å²) >= 11 is 3.55. The molecule has 1 aromatic carbocycles. The van der Waals surface area contributed by atoms with E-state index in [0.29, 0.717) is 0 Å². The number of hydrogen-bond acceptors (Lipinski definition) is 2. The number of hydrogen-bond donors (Lipinski definition) is 1. The molecule has 1 heterocycles. The first-order chi connectivity index (χ1) is 8.61. The highest BCUT2D eigenvalue weighted by atomic mass is 79.9. The summed E-state index contributed by atoms with van der Waals surface area (Å²) in [5, 5.41) is 7.92. The first kappa shape index (κ1) is 13.1. The van der Waals surface area contributed by atoms with Crippen molar-refractivity contribution in [1.29, 1.82) is 0 Å². The smallest absolute Gasteiger partial charge is 0.0671 e. The molecule has 0 bridgehead atoms. The standard InChI is InChI=1S/C14H18BrN3/c1-4-13-11(9-18(3)17-13)8-16-14-7-5-6-12(15)10(14)2/h5-7,9,16H,4,8H2,1-3H3. The van der Waals surface area contributed by atoms with E-state index in [4.69, 9.17) is 0 Å². The van der Waals surface area contributed by atoms with Crippen molar-refractivity contribution in [3.05, 3.63) is 45.7 Å². The van der Waals surface area contributed by atoms with Gasteiger partial charge in [-0.2, -0.15) is 5.10 Å². The highest BCUT2D eigenvalue weighted by Gasteiger charge is 2.06. The molecule has 0 spiro atoms. The van der Waals surface area contributed by atoms with Crippen molar-refractivity contribution in [2.75, 3.05) is 5.32 Å². The molecule has 0 fully saturated rings. The Bertz CT molecular complexity index is 546. The van der Waals surface area contributed by atoms with Gasteiger partial charge in [-0.3, -0.25) is 4.68 Å². The van der Waals surface area contributed by atoms with E-state index in [-0.39, 0.29) is 0 Å². The fraction of sp³-hybridized carbons (Fsp3) is 0.357. The number of aryl methyl sites for hydroxylation is 2. The summed E-state index contributed by atoms with van der Waals surface area (Å²) in [5.41, 5.74) is 4.83. The number of nitrogens with zero attached hydrogens (tertiary/aromatic N) is 2. The topological polar surface area (TPSA) is 29.9 Å². The van der Waals surface area contributed by atoms with Crippen LogP contribution in [0, 0.1) is 6.92 Å². The van der Waals surface area contributed by atoms with Gasteiger partial charge in [-0.05, 0) is 31.0 Å². The minimum atomic E-state index is 0.814. The van der Waals surface area contributed by atoms with Gasteiger partial charge in [0, 0.05) is 35.5 Å². The second kappa shape index (κ2) is 5.57. The van der Waals surface area contributed by atoms with Crippen LogP contribution in [0.1, 0.15) is 23.7 Å². The summed E-state index contributed by atoms with van der Waals surface area (Å²) in [5.74, 6) is 0. The van der Waals surface area contributed by atoms with Crippen LogP contribution in [0.2, 0.25) is 0 Å². The predicted octanol–water partition coefficient (Wildman–Crippen LogP) is 3.67. The Labute approximate surface area is 116 Å². The molecule has 0 aliphatic heterocycles. The van der Waals surface area contributed by atoms with E-state index in [1.54, 1.807) is 0 Å². The zero-order chi connectivity index (χ0) is 13.1. The summed E-state index contributed by atoms with van der Waals surface area (Å²) in [4.78, 5) is 0. The molecule has 96 valence electrons. The van der Waals surface area contributed by atoms with E-state index < -0.39 is 0 Å². The fourth-order valence-corrected chi connectivity index (χ4v) is 2.38. The lowest BCUT2D eigenvalue weighted by atomic mass is 10.1. The molecule has 1 N–H and O–H groups in total. The van der Waals surface area contributed by atoms with Crippen molar-refractivity contribution in [1.82, 2.24) is 9.78 Å². The van der Waals surface area contributed by atoms with Crippen LogP contribution in [0.5, 0.6) is 0 Å². The van der Waals surface area contributed by atoms with Gasteiger partial charge in [0.1, 0.15) is 0 Å². The molecule has 0 aliphatic carbocycles. The van der Waals surface area contributed by atoms with E-state index in [2.05, 4.69) is 58.5 Å². The summed E-state index contributed by atoms with van der Waals surface area (Å²) < 4.78 is 3.01. The number of halogens is 1. The maximum atomic E-state index is 4.45. The van der Waals surface area contributed by atoms with Crippen LogP contribution in [0.25, 0.3) is 0 Å². The largest absolute Gasteiger partial charge is 0.381 e. The third-order valence-corrected chi connectivity index (χ3v) is 3.92. The van der Waals surface area contributed by atoms with Gasteiger partial charge in [-0.15, -0.1) is 0 Å². The number of rotatable bonds is 4. The number of benzene rings is 1. The third kappa shape index (κ3) is 2.75. The second-order valence-corrected chi connectivity index (χ2v) is 5.25. The van der Waals surface area contributed by atoms with Gasteiger partial charge in [-0.1, -0.05) is 28.9 Å². The molecule has 0 saturated carbocycles. The normalized spacial score (nSPS) is 10.7. The average molecular weight is 308 g/mol. The quantitative estimate of drug-likeness (QED) is 0.934. The molecule has 2 rings (SSSR count). The van der Waals surface area contributed by atoms with Crippen molar-refractivity contribution >= 4 is 21.6 Å². The molecule has 4 heteroatoms. The monoisotopic (exact) mass is 307 g/mol. The van der Waals surface area contributed by atoms with E-state index in [0.717, 1.165) is 28.8 Å². The molecule has 18 heavy (non-hydrogen) atoms. The van der Waals surface area contributed by atoms with Gasteiger partial charge in [0.25, 0.3) is 0 Å². The van der Waals surface area contributed by atoms with Crippen LogP contribution in [-0.4, -0.2) is 9.78 Å². The fourth-order valence-electron chi connectivity index (χ4n) is 2.02. The maximum Gasteiger partial charge on any atom is 0.0671 e. The first-order valence-electron chi connectivity index (χ1n) is 6.12. The van der Waals surface area contributed by atoms with E-state index in [9.17, 15) is 0 Å². The number of aromatic nitrogens is 2. The predicted molar refractivity (Wildman–Crippen MR) is 78.8 cm³/mol. The molecule has 0 atom stereocenters. The van der Waals surface area contributed by atoms with Crippen LogP contribution in [0.15, 0.2) is 28.9 Å². The first-order valence-corrected chi connectivity index (χ1v) is 6.91. The summed E-state index contributed by atoms with van der Waals surface area (Å²) in [6.07, 6.45) is 3.05. The average Bonchev–Trinajstić information content (AvgIpc) is 2.71. The van der Waals surface area contributed by atoms with Crippen LogP contribution >= 0.6 is 15.9 Å². The summed E-state index contributed by atoms with van der Waals surface area (Å²) in [6, 6.07) is 6.20. The molecular weight excluding hydrogens is 290 g/mol. The number of nitrogens with one attached hydrogen (secondary N) is 1. The molecule has 0 aliphatic rings. The lowest BCUT2D eigenvalue weighted by molar-refractivity contribution is 0.746. The molecule has 2 aromatic rings. The van der Waals surface area contributed by atoms with Crippen LogP contribution in [0.4, 0.5) is 5.69 Å². The van der Waals surface area contributed by atoms with Crippen molar-refractivity contribution in [2.24, 2.45) is 7.05 Å². The van der Waals surface area contributed by atoms with Crippen molar-refractivity contribution in [3.8, 4) is 0 Å². The summed E-state index contributed by atoms with van der Waals surface area (Å²) in [7, 11) is 1.97. The Hall–Kier alpha value is -1.29. The Balaban J connectivity index is 2.13. The van der Waals surface area contributed by atoms with Gasteiger partial charge in [0.05, 0.1) is 5.69 Å². The van der Waals surface area contributed by atoms with Crippen molar-refractivity contribution in [3.63, 3.8) is 0 Å². The Kier molecular flexibility index (Phi) is 4.07. The Morgan fingerprint density at radius 1 is 1.39 bits per heavy atom. The van der Waals surface area contributed by atoms with Gasteiger partial charge < -0.3 is 5.32 Å². The Morgan fingerprint density at radius 3 is 2.89 bits per heavy atom. The lowest BCUT2D eigenvalue weighted by Gasteiger charge is -2.10. The minimum absolute atomic E-state index is 0.814. The van der Waals surface area contributed by atoms with E-state index in [1.807, 2.05) is 17.8 Å². The molecule has 0 saturated heterocycles. The lowest BCUT2D eigenvalue weighted by Crippen LogP contribution is -2.02. The maximum absolute atomic E-state index is 4.45. The van der Waals surface area contributed by atoms with E-state index >= 15 is 0 Å². The number of anilines is 1. The highest BCUT2D eigenvalue weighted by Crippen LogP contribution is 2.24. The van der Waals surface area contributed by atoms with Gasteiger partial charge in [0.2, 0.25) is 0 Å². The molecule has 3 nitrogen and oxygen atoms in total. The molecule has 0 radical (unpaired) electrons. The summed E-state index contributed by atoms with van der Waals surface area (Å²) in [6.45, 7) is 5.06. The van der Waals surface area contributed by atoms with Crippen LogP contribution in [-0.2, 0) is 20.0 Å². The molecule has 0 unspecified atom stereocenters. The van der Waals surface area contributed by atoms with Gasteiger partial charge in [-0.25, -0.2) is 0 Å². The molecule has 0 amide bonds. The third-order valence-electron chi connectivity index (χ3n) is 3.06. The van der Waals surface area contributed by atoms with Crippen LogP contribution < -0.4 is 5.32 Å². The van der Waals surface area contributed by atoms with Crippen molar-refractivity contribution < 1.29 is 0 Å². The highest BCUT2D eigenvalue weighted by molar-refractivity contribution is 9.10. The molecular formula is C14H18BrN3.